The van der Waals surface area contributed by atoms with Crippen molar-refractivity contribution < 1.29 is 4.79 Å². The summed E-state index contributed by atoms with van der Waals surface area (Å²) in [6, 6.07) is 8.30. The smallest absolute Gasteiger partial charge is 0.251 e. The van der Waals surface area contributed by atoms with Gasteiger partial charge in [-0.15, -0.1) is 0 Å². The highest BCUT2D eigenvalue weighted by Crippen LogP contribution is 2.04. The maximum absolute atomic E-state index is 12.1. The summed E-state index contributed by atoms with van der Waals surface area (Å²) in [6.07, 6.45) is 0. The Balaban J connectivity index is 1.72. The van der Waals surface area contributed by atoms with Crippen molar-refractivity contribution in [3.63, 3.8) is 0 Å². The molecule has 1 aromatic rings. The van der Waals surface area contributed by atoms with Crippen molar-refractivity contribution in [1.82, 2.24) is 20.9 Å². The number of rotatable bonds is 7. The summed E-state index contributed by atoms with van der Waals surface area (Å²) in [7, 11) is 0. The lowest BCUT2D eigenvalue weighted by molar-refractivity contribution is 0.0947. The fourth-order valence-electron chi connectivity index (χ4n) is 2.46. The maximum Gasteiger partial charge on any atom is 0.251 e. The average molecular weight is 304 g/mol. The van der Waals surface area contributed by atoms with E-state index >= 15 is 0 Å². The minimum Gasteiger partial charge on any atom is -0.351 e. The first-order chi connectivity index (χ1) is 10.6. The molecule has 1 aromatic carbocycles. The summed E-state index contributed by atoms with van der Waals surface area (Å²) in [5, 5.41) is 9.70. The molecular weight excluding hydrogens is 276 g/mol. The molecule has 0 saturated carbocycles. The number of nitrogens with zero attached hydrogens (tertiary/aromatic N) is 1. The van der Waals surface area contributed by atoms with Crippen LogP contribution < -0.4 is 16.0 Å². The van der Waals surface area contributed by atoms with E-state index in [0.717, 1.165) is 44.8 Å². The molecule has 1 aliphatic heterocycles. The van der Waals surface area contributed by atoms with Gasteiger partial charge in [0.15, 0.2) is 0 Å². The summed E-state index contributed by atoms with van der Waals surface area (Å²) in [5.74, 6) is 0.0125. The van der Waals surface area contributed by atoms with E-state index in [-0.39, 0.29) is 5.91 Å². The minimum absolute atomic E-state index is 0.0125. The van der Waals surface area contributed by atoms with E-state index < -0.39 is 0 Å². The van der Waals surface area contributed by atoms with Gasteiger partial charge in [0.05, 0.1) is 0 Å². The second-order valence-electron chi connectivity index (χ2n) is 6.08. The van der Waals surface area contributed by atoms with E-state index in [1.807, 2.05) is 24.3 Å². The maximum atomic E-state index is 12.1. The fourth-order valence-corrected chi connectivity index (χ4v) is 2.46. The first-order valence-electron chi connectivity index (χ1n) is 8.19. The zero-order chi connectivity index (χ0) is 15.8. The molecule has 0 unspecified atom stereocenters. The Morgan fingerprint density at radius 1 is 1.23 bits per heavy atom. The standard InChI is InChI=1S/C17H28N4O/c1-14(2)20-13-15-3-5-16(6-4-15)17(22)19-9-12-21-10-7-18-8-11-21/h3-6,14,18,20H,7-13H2,1-2H3,(H,19,22). The van der Waals surface area contributed by atoms with Crippen LogP contribution in [0.3, 0.4) is 0 Å². The van der Waals surface area contributed by atoms with Gasteiger partial charge in [0, 0.05) is 57.4 Å². The number of nitrogens with one attached hydrogen (secondary N) is 3. The van der Waals surface area contributed by atoms with Crippen LogP contribution in [0.15, 0.2) is 24.3 Å². The van der Waals surface area contributed by atoms with Gasteiger partial charge in [-0.25, -0.2) is 0 Å². The van der Waals surface area contributed by atoms with Gasteiger partial charge in [-0.3, -0.25) is 9.69 Å². The Bertz CT molecular complexity index is 452. The van der Waals surface area contributed by atoms with Crippen LogP contribution in [0.4, 0.5) is 0 Å². The number of benzene rings is 1. The highest BCUT2D eigenvalue weighted by Gasteiger charge is 2.10. The van der Waals surface area contributed by atoms with Crippen LogP contribution in [-0.4, -0.2) is 56.1 Å². The van der Waals surface area contributed by atoms with Gasteiger partial charge in [0.25, 0.3) is 5.91 Å². The van der Waals surface area contributed by atoms with Crippen molar-refractivity contribution in [2.24, 2.45) is 0 Å². The Hall–Kier alpha value is -1.43. The van der Waals surface area contributed by atoms with Gasteiger partial charge in [0.1, 0.15) is 0 Å². The van der Waals surface area contributed by atoms with Gasteiger partial charge in [-0.2, -0.15) is 0 Å². The van der Waals surface area contributed by atoms with Crippen LogP contribution in [0.2, 0.25) is 0 Å². The second-order valence-corrected chi connectivity index (χ2v) is 6.08. The third-order valence-corrected chi connectivity index (χ3v) is 3.85. The van der Waals surface area contributed by atoms with Crippen molar-refractivity contribution in [2.75, 3.05) is 39.3 Å². The lowest BCUT2D eigenvalue weighted by Gasteiger charge is -2.27. The van der Waals surface area contributed by atoms with Crippen LogP contribution in [0.5, 0.6) is 0 Å². The molecular formula is C17H28N4O. The first kappa shape index (κ1) is 16.9. The van der Waals surface area contributed by atoms with Gasteiger partial charge in [-0.1, -0.05) is 26.0 Å². The zero-order valence-corrected chi connectivity index (χ0v) is 13.7. The predicted molar refractivity (Wildman–Crippen MR) is 90.1 cm³/mol. The Morgan fingerprint density at radius 2 is 1.91 bits per heavy atom. The van der Waals surface area contributed by atoms with Crippen LogP contribution >= 0.6 is 0 Å². The minimum atomic E-state index is 0.0125. The summed E-state index contributed by atoms with van der Waals surface area (Å²) >= 11 is 0. The fraction of sp³-hybridized carbons (Fsp3) is 0.588. The number of piperazine rings is 1. The quantitative estimate of drug-likeness (QED) is 0.698. The topological polar surface area (TPSA) is 56.4 Å². The first-order valence-corrected chi connectivity index (χ1v) is 8.19. The summed E-state index contributed by atoms with van der Waals surface area (Å²) in [5.41, 5.74) is 1.93. The van der Waals surface area contributed by atoms with E-state index in [0.29, 0.717) is 12.6 Å². The lowest BCUT2D eigenvalue weighted by Crippen LogP contribution is -2.46. The van der Waals surface area contributed by atoms with E-state index in [1.165, 1.54) is 5.56 Å². The number of hydrogen-bond donors (Lipinski definition) is 3. The molecule has 0 aromatic heterocycles. The van der Waals surface area contributed by atoms with E-state index in [1.54, 1.807) is 0 Å². The predicted octanol–water partition coefficient (Wildman–Crippen LogP) is 0.820. The van der Waals surface area contributed by atoms with E-state index in [2.05, 4.69) is 34.7 Å². The van der Waals surface area contributed by atoms with Gasteiger partial charge >= 0.3 is 0 Å². The Morgan fingerprint density at radius 3 is 2.55 bits per heavy atom. The number of carbonyl (C=O) groups is 1. The molecule has 2 rings (SSSR count). The largest absolute Gasteiger partial charge is 0.351 e. The van der Waals surface area contributed by atoms with Crippen molar-refractivity contribution in [3.05, 3.63) is 35.4 Å². The highest BCUT2D eigenvalue weighted by atomic mass is 16.1. The summed E-state index contributed by atoms with van der Waals surface area (Å²) < 4.78 is 0. The monoisotopic (exact) mass is 304 g/mol. The SMILES string of the molecule is CC(C)NCc1ccc(C(=O)NCCN2CCNCC2)cc1. The van der Waals surface area contributed by atoms with Crippen LogP contribution in [0.1, 0.15) is 29.8 Å². The number of carbonyl (C=O) groups excluding carboxylic acids is 1. The van der Waals surface area contributed by atoms with Crippen LogP contribution in [0, 0.1) is 0 Å². The Kier molecular flexibility index (Phi) is 6.83. The molecule has 22 heavy (non-hydrogen) atoms. The van der Waals surface area contributed by atoms with Gasteiger partial charge in [0.2, 0.25) is 0 Å². The van der Waals surface area contributed by atoms with Crippen LogP contribution in [0.25, 0.3) is 0 Å². The molecule has 1 heterocycles. The van der Waals surface area contributed by atoms with E-state index in [9.17, 15) is 4.79 Å². The van der Waals surface area contributed by atoms with Crippen molar-refractivity contribution >= 4 is 5.91 Å². The Labute approximate surface area is 133 Å². The van der Waals surface area contributed by atoms with Crippen molar-refractivity contribution in [2.45, 2.75) is 26.4 Å². The third kappa shape index (κ3) is 5.75. The normalized spacial score (nSPS) is 16.0. The molecule has 0 spiro atoms. The van der Waals surface area contributed by atoms with Gasteiger partial charge < -0.3 is 16.0 Å². The van der Waals surface area contributed by atoms with Crippen molar-refractivity contribution in [3.8, 4) is 0 Å². The third-order valence-electron chi connectivity index (χ3n) is 3.85. The molecule has 122 valence electrons. The number of hydrogen-bond acceptors (Lipinski definition) is 4. The molecule has 0 bridgehead atoms. The second kappa shape index (κ2) is 8.88. The van der Waals surface area contributed by atoms with E-state index in [4.69, 9.17) is 0 Å². The molecule has 1 saturated heterocycles. The molecule has 1 fully saturated rings. The molecule has 5 heteroatoms. The lowest BCUT2D eigenvalue weighted by atomic mass is 10.1. The molecule has 3 N–H and O–H groups in total. The molecule has 0 radical (unpaired) electrons. The molecule has 1 amide bonds. The molecule has 1 aliphatic rings. The summed E-state index contributed by atoms with van der Waals surface area (Å²) in [6.45, 7) is 10.9. The van der Waals surface area contributed by atoms with Crippen molar-refractivity contribution in [1.29, 1.82) is 0 Å². The zero-order valence-electron chi connectivity index (χ0n) is 13.7. The van der Waals surface area contributed by atoms with Crippen LogP contribution in [-0.2, 0) is 6.54 Å². The molecule has 5 nitrogen and oxygen atoms in total. The summed E-state index contributed by atoms with van der Waals surface area (Å²) in [4.78, 5) is 14.5. The molecule has 0 atom stereocenters. The van der Waals surface area contributed by atoms with Gasteiger partial charge in [-0.05, 0) is 17.7 Å². The highest BCUT2D eigenvalue weighted by molar-refractivity contribution is 5.94. The number of amides is 1. The average Bonchev–Trinajstić information content (AvgIpc) is 2.54. The molecule has 0 aliphatic carbocycles.